The van der Waals surface area contributed by atoms with Crippen molar-refractivity contribution in [2.24, 2.45) is 0 Å². The van der Waals surface area contributed by atoms with Crippen molar-refractivity contribution in [2.75, 3.05) is 18.4 Å². The van der Waals surface area contributed by atoms with Crippen LogP contribution in [0.1, 0.15) is 56.3 Å². The number of rotatable bonds is 5. The average molecular weight is 364 g/mol. The van der Waals surface area contributed by atoms with E-state index in [-0.39, 0.29) is 1.43 Å². The van der Waals surface area contributed by atoms with Crippen molar-refractivity contribution in [3.05, 3.63) is 59.4 Å². The number of nitrogens with one attached hydrogen (secondary N) is 1. The minimum Gasteiger partial charge on any atom is -0.329 e. The highest BCUT2D eigenvalue weighted by Gasteiger charge is 2.22. The molecule has 1 N–H and O–H groups in total. The van der Waals surface area contributed by atoms with E-state index in [1.807, 2.05) is 24.3 Å². The largest absolute Gasteiger partial charge is 0.329 e. The highest BCUT2D eigenvalue weighted by molar-refractivity contribution is 5.71. The standard InChI is InChI=1S/C12H15N3.C10H11NO.H2/c13-9-11-5-4-6-14-12(11)10-15-7-2-1-3-8-15;12-7-11-10-5-3-9(4-6-10)8-1-2-8;/h4-6H,1-3,7-8,10H2;3-8H,1-2H2,(H,11,12);1H. The molecule has 27 heavy (non-hydrogen) atoms. The first-order valence-corrected chi connectivity index (χ1v) is 9.66. The molecular weight excluding hydrogens is 336 g/mol. The third-order valence-electron chi connectivity index (χ3n) is 5.02. The molecule has 142 valence electrons. The Hall–Kier alpha value is -2.71. The Morgan fingerprint density at radius 3 is 2.56 bits per heavy atom. The Kier molecular flexibility index (Phi) is 6.95. The van der Waals surface area contributed by atoms with Gasteiger partial charge in [0.1, 0.15) is 6.07 Å². The quantitative estimate of drug-likeness (QED) is 0.802. The zero-order valence-corrected chi connectivity index (χ0v) is 15.6. The molecule has 4 rings (SSSR count). The van der Waals surface area contributed by atoms with Crippen LogP contribution < -0.4 is 5.32 Å². The molecule has 1 amide bonds. The van der Waals surface area contributed by atoms with Crippen molar-refractivity contribution in [1.82, 2.24) is 9.88 Å². The number of carbonyl (C=O) groups excluding carboxylic acids is 1. The van der Waals surface area contributed by atoms with E-state index in [1.165, 1.54) is 37.7 Å². The van der Waals surface area contributed by atoms with E-state index in [4.69, 9.17) is 5.26 Å². The molecule has 5 nitrogen and oxygen atoms in total. The highest BCUT2D eigenvalue weighted by Crippen LogP contribution is 2.40. The normalized spacial score (nSPS) is 16.6. The van der Waals surface area contributed by atoms with Crippen LogP contribution in [0.25, 0.3) is 0 Å². The van der Waals surface area contributed by atoms with Gasteiger partial charge < -0.3 is 5.32 Å². The second-order valence-electron chi connectivity index (χ2n) is 7.10. The zero-order chi connectivity index (χ0) is 18.9. The molecule has 2 heterocycles. The lowest BCUT2D eigenvalue weighted by Gasteiger charge is -2.26. The van der Waals surface area contributed by atoms with Crippen LogP contribution in [-0.2, 0) is 11.3 Å². The molecule has 0 unspecified atom stereocenters. The zero-order valence-electron chi connectivity index (χ0n) is 15.6. The summed E-state index contributed by atoms with van der Waals surface area (Å²) in [5.74, 6) is 0.787. The van der Waals surface area contributed by atoms with Crippen LogP contribution in [0.5, 0.6) is 0 Å². The van der Waals surface area contributed by atoms with Crippen LogP contribution >= 0.6 is 0 Å². The minimum atomic E-state index is 0. The molecule has 1 aliphatic carbocycles. The number of piperidine rings is 1. The monoisotopic (exact) mass is 364 g/mol. The van der Waals surface area contributed by atoms with Crippen molar-refractivity contribution in [2.45, 2.75) is 44.6 Å². The molecule has 0 spiro atoms. The minimum absolute atomic E-state index is 0. The lowest BCUT2D eigenvalue weighted by Crippen LogP contribution is -2.29. The van der Waals surface area contributed by atoms with Gasteiger partial charge in [-0.1, -0.05) is 18.6 Å². The van der Waals surface area contributed by atoms with Crippen LogP contribution in [0.3, 0.4) is 0 Å². The van der Waals surface area contributed by atoms with Gasteiger partial charge >= 0.3 is 0 Å². The van der Waals surface area contributed by atoms with Crippen molar-refractivity contribution < 1.29 is 6.22 Å². The Morgan fingerprint density at radius 1 is 1.19 bits per heavy atom. The summed E-state index contributed by atoms with van der Waals surface area (Å²) in [4.78, 5) is 16.8. The number of hydrogen-bond donors (Lipinski definition) is 1. The second kappa shape index (κ2) is 9.84. The third-order valence-corrected chi connectivity index (χ3v) is 5.02. The lowest BCUT2D eigenvalue weighted by molar-refractivity contribution is -0.105. The maximum Gasteiger partial charge on any atom is 0.211 e. The molecule has 2 aliphatic rings. The maximum atomic E-state index is 10.1. The number of nitriles is 1. The van der Waals surface area contributed by atoms with E-state index in [2.05, 4.69) is 33.4 Å². The van der Waals surface area contributed by atoms with Gasteiger partial charge in [0.05, 0.1) is 11.3 Å². The van der Waals surface area contributed by atoms with E-state index < -0.39 is 0 Å². The van der Waals surface area contributed by atoms with Gasteiger partial charge in [0.15, 0.2) is 0 Å². The third kappa shape index (κ3) is 5.90. The number of aromatic nitrogens is 1. The molecule has 0 bridgehead atoms. The number of benzene rings is 1. The lowest BCUT2D eigenvalue weighted by atomic mass is 10.1. The Bertz CT molecular complexity index is 778. The molecular formula is C22H28N4O. The summed E-state index contributed by atoms with van der Waals surface area (Å²) in [6.07, 6.45) is 8.99. The van der Waals surface area contributed by atoms with Gasteiger partial charge in [-0.15, -0.1) is 0 Å². The first-order valence-electron chi connectivity index (χ1n) is 9.66. The van der Waals surface area contributed by atoms with Gasteiger partial charge in [-0.25, -0.2) is 0 Å². The fraction of sp³-hybridized carbons (Fsp3) is 0.409. The molecule has 1 saturated heterocycles. The maximum absolute atomic E-state index is 10.1. The molecule has 0 radical (unpaired) electrons. The topological polar surface area (TPSA) is 69.0 Å². The fourth-order valence-corrected chi connectivity index (χ4v) is 3.33. The van der Waals surface area contributed by atoms with E-state index in [9.17, 15) is 4.79 Å². The first kappa shape index (κ1) is 19.1. The van der Waals surface area contributed by atoms with Crippen LogP contribution in [0.4, 0.5) is 5.69 Å². The number of nitrogens with zero attached hydrogens (tertiary/aromatic N) is 3. The predicted molar refractivity (Wildman–Crippen MR) is 108 cm³/mol. The number of pyridine rings is 1. The van der Waals surface area contributed by atoms with Crippen molar-refractivity contribution >= 4 is 12.1 Å². The van der Waals surface area contributed by atoms with E-state index >= 15 is 0 Å². The first-order chi connectivity index (χ1) is 13.3. The number of likely N-dealkylation sites (tertiary alicyclic amines) is 1. The molecule has 1 aliphatic heterocycles. The van der Waals surface area contributed by atoms with E-state index in [1.54, 1.807) is 6.20 Å². The summed E-state index contributed by atoms with van der Waals surface area (Å²) in [7, 11) is 0. The number of carbonyl (C=O) groups is 1. The van der Waals surface area contributed by atoms with Gasteiger partial charge in [0, 0.05) is 19.9 Å². The Labute approximate surface area is 162 Å². The Balaban J connectivity index is 0.000000198. The summed E-state index contributed by atoms with van der Waals surface area (Å²) >= 11 is 0. The van der Waals surface area contributed by atoms with Crippen LogP contribution in [-0.4, -0.2) is 29.4 Å². The van der Waals surface area contributed by atoms with Crippen molar-refractivity contribution in [3.63, 3.8) is 0 Å². The Morgan fingerprint density at radius 2 is 1.93 bits per heavy atom. The summed E-state index contributed by atoms with van der Waals surface area (Å²) in [5, 5.41) is 11.6. The molecule has 1 aromatic heterocycles. The van der Waals surface area contributed by atoms with Gasteiger partial charge in [-0.2, -0.15) is 5.26 Å². The predicted octanol–water partition coefficient (Wildman–Crippen LogP) is 4.32. The van der Waals surface area contributed by atoms with Crippen LogP contribution in [0.2, 0.25) is 0 Å². The smallest absolute Gasteiger partial charge is 0.211 e. The van der Waals surface area contributed by atoms with Gasteiger partial charge in [-0.05, 0) is 74.5 Å². The summed E-state index contributed by atoms with van der Waals surface area (Å²) in [6, 6.07) is 13.9. The number of hydrogen-bond acceptors (Lipinski definition) is 4. The van der Waals surface area contributed by atoms with Gasteiger partial charge in [0.2, 0.25) is 6.41 Å². The molecule has 5 heteroatoms. The SMILES string of the molecule is N#Cc1cccnc1CN1CCCCC1.O=CNc1ccc(C2CC2)cc1.[HH]. The van der Waals surface area contributed by atoms with E-state index in [0.29, 0.717) is 12.0 Å². The van der Waals surface area contributed by atoms with Crippen LogP contribution in [0.15, 0.2) is 42.6 Å². The number of amides is 1. The molecule has 0 atom stereocenters. The summed E-state index contributed by atoms with van der Waals surface area (Å²) in [5.41, 5.74) is 3.89. The number of anilines is 1. The molecule has 1 aromatic carbocycles. The van der Waals surface area contributed by atoms with E-state index in [0.717, 1.165) is 36.9 Å². The summed E-state index contributed by atoms with van der Waals surface area (Å²) in [6.45, 7) is 3.10. The molecule has 2 fully saturated rings. The van der Waals surface area contributed by atoms with Crippen molar-refractivity contribution in [1.29, 1.82) is 5.26 Å². The molecule has 2 aromatic rings. The average Bonchev–Trinajstić information content (AvgIpc) is 3.56. The van der Waals surface area contributed by atoms with Gasteiger partial charge in [-0.3, -0.25) is 14.7 Å². The second-order valence-corrected chi connectivity index (χ2v) is 7.10. The van der Waals surface area contributed by atoms with Gasteiger partial charge in [0.25, 0.3) is 0 Å². The molecule has 1 saturated carbocycles. The fourth-order valence-electron chi connectivity index (χ4n) is 3.33. The van der Waals surface area contributed by atoms with Crippen LogP contribution in [0, 0.1) is 11.3 Å². The summed E-state index contributed by atoms with van der Waals surface area (Å²) < 4.78 is 0. The van der Waals surface area contributed by atoms with Crippen molar-refractivity contribution in [3.8, 4) is 6.07 Å². The highest BCUT2D eigenvalue weighted by atomic mass is 16.1.